The molecule has 3 amide bonds. The molecule has 1 aliphatic carbocycles. The molecule has 0 unspecified atom stereocenters. The lowest BCUT2D eigenvalue weighted by Crippen LogP contribution is -2.62. The number of aliphatic hydroxyl groups excluding tert-OH is 2. The molecule has 0 aliphatic heterocycles. The number of hydrogen-bond donors (Lipinski definition) is 7. The second-order valence-corrected chi connectivity index (χ2v) is 15.3. The Hall–Kier alpha value is -5.43. The Balaban J connectivity index is 1.39. The van der Waals surface area contributed by atoms with Crippen molar-refractivity contribution in [1.29, 1.82) is 0 Å². The molecular weight excluding hydrogens is 713 g/mol. The van der Waals surface area contributed by atoms with Gasteiger partial charge in [0.05, 0.1) is 38.5 Å². The number of carbonyl (C=O) groups is 3. The third-order valence-corrected chi connectivity index (χ3v) is 10.2. The van der Waals surface area contributed by atoms with Gasteiger partial charge in [0.25, 0.3) is 0 Å². The van der Waals surface area contributed by atoms with Gasteiger partial charge in [-0.15, -0.1) is 0 Å². The van der Waals surface area contributed by atoms with E-state index in [-0.39, 0.29) is 31.0 Å². The first-order chi connectivity index (χ1) is 26.8. The average molecular weight is 767 g/mol. The zero-order valence-electron chi connectivity index (χ0n) is 32.6. The SMILES string of the molecule is COc1ccc(CN[C@@H](C(=O)N[C@H]2c3ccccc3C[C@H]2O)[C@H](O)[C@H](Cc2ccccc2)NC(=O)[C@@H](NC(=O)CCc2ccc(OC)c(O)c2)C(C)(C)C)cc1. The Morgan fingerprint density at radius 1 is 0.821 bits per heavy atom. The molecule has 7 N–H and O–H groups in total. The van der Waals surface area contributed by atoms with Crippen LogP contribution in [0.4, 0.5) is 0 Å². The lowest BCUT2D eigenvalue weighted by atomic mass is 9.85. The molecule has 0 bridgehead atoms. The quantitative estimate of drug-likeness (QED) is 0.0840. The summed E-state index contributed by atoms with van der Waals surface area (Å²) in [6.45, 7) is 5.69. The molecule has 12 nitrogen and oxygen atoms in total. The number of nitrogens with one attached hydrogen (secondary N) is 4. The number of methoxy groups -OCH3 is 2. The molecule has 12 heteroatoms. The van der Waals surface area contributed by atoms with Crippen LogP contribution in [0.2, 0.25) is 0 Å². The highest BCUT2D eigenvalue weighted by molar-refractivity contribution is 5.89. The number of aliphatic hydroxyl groups is 2. The number of aromatic hydroxyl groups is 1. The first kappa shape index (κ1) is 41.7. The van der Waals surface area contributed by atoms with Gasteiger partial charge in [0.15, 0.2) is 11.5 Å². The average Bonchev–Trinajstić information content (AvgIpc) is 3.49. The maximum absolute atomic E-state index is 14.3. The molecule has 0 aromatic heterocycles. The van der Waals surface area contributed by atoms with Crippen molar-refractivity contribution in [3.63, 3.8) is 0 Å². The van der Waals surface area contributed by atoms with E-state index < -0.39 is 53.6 Å². The highest BCUT2D eigenvalue weighted by atomic mass is 16.5. The first-order valence-electron chi connectivity index (χ1n) is 18.9. The number of fused-ring (bicyclic) bond motifs is 1. The number of amides is 3. The monoisotopic (exact) mass is 766 g/mol. The summed E-state index contributed by atoms with van der Waals surface area (Å²) in [7, 11) is 3.03. The van der Waals surface area contributed by atoms with E-state index in [1.807, 2.05) is 87.5 Å². The smallest absolute Gasteiger partial charge is 0.243 e. The molecule has 5 rings (SSSR count). The van der Waals surface area contributed by atoms with Crippen molar-refractivity contribution < 1.29 is 39.2 Å². The second-order valence-electron chi connectivity index (χ2n) is 15.3. The van der Waals surface area contributed by atoms with Gasteiger partial charge in [0.1, 0.15) is 17.8 Å². The molecular formula is C44H54N4O8. The van der Waals surface area contributed by atoms with Crippen LogP contribution in [0.25, 0.3) is 0 Å². The highest BCUT2D eigenvalue weighted by Crippen LogP contribution is 2.32. The maximum Gasteiger partial charge on any atom is 0.243 e. The van der Waals surface area contributed by atoms with Gasteiger partial charge in [-0.3, -0.25) is 19.7 Å². The van der Waals surface area contributed by atoms with Crippen LogP contribution in [0, 0.1) is 5.41 Å². The molecule has 0 saturated carbocycles. The number of phenolic OH excluding ortho intramolecular Hbond substituents is 1. The minimum Gasteiger partial charge on any atom is -0.504 e. The second kappa shape index (κ2) is 18.9. The van der Waals surface area contributed by atoms with Crippen LogP contribution in [0.5, 0.6) is 17.2 Å². The summed E-state index contributed by atoms with van der Waals surface area (Å²) >= 11 is 0. The highest BCUT2D eigenvalue weighted by Gasteiger charge is 2.40. The summed E-state index contributed by atoms with van der Waals surface area (Å²) in [5.41, 5.74) is 3.35. The van der Waals surface area contributed by atoms with E-state index in [2.05, 4.69) is 21.3 Å². The van der Waals surface area contributed by atoms with E-state index in [9.17, 15) is 29.7 Å². The van der Waals surface area contributed by atoms with Gasteiger partial charge in [-0.2, -0.15) is 0 Å². The fourth-order valence-electron chi connectivity index (χ4n) is 7.01. The van der Waals surface area contributed by atoms with Crippen molar-refractivity contribution in [1.82, 2.24) is 21.3 Å². The number of hydrogen-bond acceptors (Lipinski definition) is 9. The minimum absolute atomic E-state index is 0.0323. The summed E-state index contributed by atoms with van der Waals surface area (Å²) < 4.78 is 10.4. The summed E-state index contributed by atoms with van der Waals surface area (Å²) in [6, 6.07) is 25.1. The van der Waals surface area contributed by atoms with Gasteiger partial charge >= 0.3 is 0 Å². The van der Waals surface area contributed by atoms with Crippen LogP contribution in [0.3, 0.4) is 0 Å². The Bertz CT molecular complexity index is 1930. The van der Waals surface area contributed by atoms with Crippen LogP contribution in [-0.4, -0.2) is 77.6 Å². The van der Waals surface area contributed by atoms with Crippen LogP contribution < -0.4 is 30.7 Å². The molecule has 56 heavy (non-hydrogen) atoms. The van der Waals surface area contributed by atoms with Crippen LogP contribution in [-0.2, 0) is 40.2 Å². The standard InChI is InChI=1S/C44H54N4O8/c1-44(2,3)41(47-37(51)22-18-28-17-21-36(56-5)34(49)24-28)43(54)46-33(23-27-11-7-6-8-12-27)40(52)39(45-26-29-15-19-31(55-4)20-16-29)42(53)48-38-32-14-10-9-13-30(32)25-35(38)50/h6-17,19-21,24,33,35,38-41,45,49-50,52H,18,22-23,25-26H2,1-5H3,(H,46,54)(H,47,51)(H,48,53)/t33-,35+,38-,39+,40+,41+/m0/s1. The summed E-state index contributed by atoms with van der Waals surface area (Å²) in [5.74, 6) is -0.485. The molecule has 0 spiro atoms. The third kappa shape index (κ3) is 10.9. The molecule has 298 valence electrons. The molecule has 0 fully saturated rings. The van der Waals surface area contributed by atoms with Crippen molar-refractivity contribution >= 4 is 17.7 Å². The Labute approximate surface area is 328 Å². The Morgan fingerprint density at radius 2 is 1.50 bits per heavy atom. The van der Waals surface area contributed by atoms with Crippen molar-refractivity contribution in [2.75, 3.05) is 14.2 Å². The number of phenols is 1. The van der Waals surface area contributed by atoms with Gasteiger partial charge in [-0.1, -0.05) is 93.6 Å². The normalized spacial score (nSPS) is 17.1. The summed E-state index contributed by atoms with van der Waals surface area (Å²) in [4.78, 5) is 41.9. The van der Waals surface area contributed by atoms with Crippen LogP contribution in [0.1, 0.15) is 61.1 Å². The van der Waals surface area contributed by atoms with Gasteiger partial charge in [0, 0.05) is 19.4 Å². The Morgan fingerprint density at radius 3 is 2.16 bits per heavy atom. The van der Waals surface area contributed by atoms with Crippen molar-refractivity contribution in [2.45, 2.75) is 89.4 Å². The van der Waals surface area contributed by atoms with E-state index in [1.54, 1.807) is 31.4 Å². The van der Waals surface area contributed by atoms with E-state index in [4.69, 9.17) is 9.47 Å². The fraction of sp³-hybridized carbons (Fsp3) is 0.386. The van der Waals surface area contributed by atoms with E-state index in [0.29, 0.717) is 24.3 Å². The zero-order chi connectivity index (χ0) is 40.4. The van der Waals surface area contributed by atoms with Crippen LogP contribution >= 0.6 is 0 Å². The molecule has 4 aromatic carbocycles. The van der Waals surface area contributed by atoms with Crippen LogP contribution in [0.15, 0.2) is 97.1 Å². The number of carbonyl (C=O) groups excluding carboxylic acids is 3. The predicted molar refractivity (Wildman–Crippen MR) is 213 cm³/mol. The minimum atomic E-state index is -1.47. The third-order valence-electron chi connectivity index (χ3n) is 10.2. The Kier molecular flexibility index (Phi) is 14.1. The van der Waals surface area contributed by atoms with E-state index in [1.165, 1.54) is 13.2 Å². The summed E-state index contributed by atoms with van der Waals surface area (Å²) in [5, 5.41) is 45.5. The van der Waals surface area contributed by atoms with Crippen molar-refractivity contribution in [2.24, 2.45) is 5.41 Å². The molecule has 4 aromatic rings. The van der Waals surface area contributed by atoms with Crippen molar-refractivity contribution in [3.8, 4) is 17.2 Å². The van der Waals surface area contributed by atoms with Gasteiger partial charge in [0.2, 0.25) is 17.7 Å². The number of benzene rings is 4. The predicted octanol–water partition coefficient (Wildman–Crippen LogP) is 3.89. The largest absolute Gasteiger partial charge is 0.504 e. The summed E-state index contributed by atoms with van der Waals surface area (Å²) in [6.07, 6.45) is -1.42. The zero-order valence-corrected chi connectivity index (χ0v) is 32.6. The lowest BCUT2D eigenvalue weighted by molar-refractivity contribution is -0.134. The first-order valence-corrected chi connectivity index (χ1v) is 18.9. The number of aryl methyl sites for hydroxylation is 1. The molecule has 6 atom stereocenters. The molecule has 0 radical (unpaired) electrons. The van der Waals surface area contributed by atoms with E-state index >= 15 is 0 Å². The number of ether oxygens (including phenoxy) is 2. The molecule has 0 saturated heterocycles. The van der Waals surface area contributed by atoms with Crippen molar-refractivity contribution in [3.05, 3.63) is 125 Å². The molecule has 1 aliphatic rings. The topological polar surface area (TPSA) is 178 Å². The van der Waals surface area contributed by atoms with Gasteiger partial charge in [-0.05, 0) is 70.3 Å². The fourth-order valence-corrected chi connectivity index (χ4v) is 7.01. The van der Waals surface area contributed by atoms with Gasteiger partial charge < -0.3 is 40.7 Å². The van der Waals surface area contributed by atoms with Gasteiger partial charge in [-0.25, -0.2) is 0 Å². The van der Waals surface area contributed by atoms with E-state index in [0.717, 1.165) is 27.8 Å². The maximum atomic E-state index is 14.3. The lowest BCUT2D eigenvalue weighted by Gasteiger charge is -2.35. The number of rotatable bonds is 17. The molecule has 0 heterocycles.